The number of aromatic nitrogens is 1. The lowest BCUT2D eigenvalue weighted by Crippen LogP contribution is -1.94. The van der Waals surface area contributed by atoms with Crippen molar-refractivity contribution in [1.82, 2.24) is 4.57 Å². The molecule has 8 aromatic carbocycles. The molecule has 0 aliphatic heterocycles. The molecule has 0 saturated heterocycles. The van der Waals surface area contributed by atoms with Crippen LogP contribution in [0.25, 0.3) is 82.1 Å². The van der Waals surface area contributed by atoms with Gasteiger partial charge < -0.3 is 4.57 Å². The van der Waals surface area contributed by atoms with Gasteiger partial charge in [-0.05, 0) is 125 Å². The van der Waals surface area contributed by atoms with Gasteiger partial charge in [-0.1, -0.05) is 163 Å². The lowest BCUT2D eigenvalue weighted by atomic mass is 9.86. The number of benzene rings is 8. The highest BCUT2D eigenvalue weighted by atomic mass is 15.0. The van der Waals surface area contributed by atoms with Crippen LogP contribution in [0.15, 0.2) is 194 Å². The molecule has 0 aliphatic carbocycles. The van der Waals surface area contributed by atoms with Gasteiger partial charge in [-0.3, -0.25) is 0 Å². The summed E-state index contributed by atoms with van der Waals surface area (Å²) in [7, 11) is 0. The molecule has 0 atom stereocenters. The largest absolute Gasteiger partial charge is 0.309 e. The minimum atomic E-state index is 0.893. The number of para-hydroxylation sites is 2. The van der Waals surface area contributed by atoms with Gasteiger partial charge in [0.2, 0.25) is 0 Å². The minimum Gasteiger partial charge on any atom is -0.309 e. The molecule has 0 radical (unpaired) electrons. The summed E-state index contributed by atoms with van der Waals surface area (Å²) in [6, 6.07) is 53.6. The van der Waals surface area contributed by atoms with E-state index in [4.69, 9.17) is 0 Å². The molecule has 1 heterocycles. The molecule has 0 spiro atoms. The first-order chi connectivity index (χ1) is 26.8. The van der Waals surface area contributed by atoms with Crippen molar-refractivity contribution in [2.24, 2.45) is 0 Å². The number of hydrogen-bond donors (Lipinski definition) is 0. The first kappa shape index (κ1) is 36.9. The number of hydrogen-bond acceptors (Lipinski definition) is 0. The highest BCUT2D eigenvalue weighted by molar-refractivity contribution is 6.27. The van der Waals surface area contributed by atoms with Crippen LogP contribution < -0.4 is 0 Å². The van der Waals surface area contributed by atoms with Crippen molar-refractivity contribution in [2.45, 2.75) is 41.0 Å². The summed E-state index contributed by atoms with van der Waals surface area (Å²) in [4.78, 5) is 0. The molecule has 0 bridgehead atoms. The van der Waals surface area contributed by atoms with Gasteiger partial charge in [-0.2, -0.15) is 0 Å². The zero-order valence-electron chi connectivity index (χ0n) is 32.7. The van der Waals surface area contributed by atoms with Crippen LogP contribution in [0.3, 0.4) is 0 Å². The molecule has 0 aliphatic rings. The van der Waals surface area contributed by atoms with E-state index in [0.717, 1.165) is 12.0 Å². The molecule has 270 valence electrons. The van der Waals surface area contributed by atoms with Crippen molar-refractivity contribution in [1.29, 1.82) is 0 Å². The van der Waals surface area contributed by atoms with Gasteiger partial charge in [-0.15, -0.1) is 6.58 Å². The van der Waals surface area contributed by atoms with Gasteiger partial charge in [0.05, 0.1) is 11.0 Å². The topological polar surface area (TPSA) is 4.93 Å². The average Bonchev–Trinajstić information content (AvgIpc) is 3.55. The van der Waals surface area contributed by atoms with Crippen LogP contribution in [-0.4, -0.2) is 4.57 Å². The van der Waals surface area contributed by atoms with Crippen molar-refractivity contribution in [3.05, 3.63) is 200 Å². The number of allylic oxidation sites excluding steroid dienone is 6. The van der Waals surface area contributed by atoms with Crippen LogP contribution in [0, 0.1) is 6.92 Å². The predicted molar refractivity (Wildman–Crippen MR) is 244 cm³/mol. The molecule has 1 heteroatoms. The standard InChI is InChI=1S/C41H27N.C8H12.C5H10/c1-26-9-2-3-12-31(26)33-22-18-28-19-23-36-32(21-17-27-20-24-37(33)41(28)40(27)36)29-10-8-11-30(25-29)42-38-15-6-4-13-34(38)35-14-5-7-16-39(35)42;1-4-6-8(3)7-5-2;1-4-5(2)3/h2-25H,1H3;4-5,7H,1,3,6H2,2H3;4H,1-3H3/b;7-5-;. The van der Waals surface area contributed by atoms with Crippen LogP contribution in [0.1, 0.15) is 39.7 Å². The van der Waals surface area contributed by atoms with Crippen LogP contribution >= 0.6 is 0 Å². The van der Waals surface area contributed by atoms with E-state index in [1.807, 2.05) is 32.1 Å². The molecule has 9 rings (SSSR count). The SMILES string of the molecule is C=CCC(=C)/C=C\C.CC=C(C)C.Cc1ccccc1-c1ccc2ccc3c(-c4cccc(-n5c6ccccc6c6ccccc65)c4)ccc4ccc1c2c43. The first-order valence-corrected chi connectivity index (χ1v) is 19.2. The van der Waals surface area contributed by atoms with Crippen molar-refractivity contribution < 1.29 is 0 Å². The van der Waals surface area contributed by atoms with Crippen LogP contribution in [-0.2, 0) is 0 Å². The fourth-order valence-electron chi connectivity index (χ4n) is 7.67. The second-order valence-corrected chi connectivity index (χ2v) is 14.4. The van der Waals surface area contributed by atoms with Crippen LogP contribution in [0.5, 0.6) is 0 Å². The normalized spacial score (nSPS) is 11.1. The summed E-state index contributed by atoms with van der Waals surface area (Å²) in [5.74, 6) is 0. The second kappa shape index (κ2) is 16.3. The monoisotopic (exact) mass is 711 g/mol. The Kier molecular flexibility index (Phi) is 10.9. The maximum absolute atomic E-state index is 3.78. The van der Waals surface area contributed by atoms with Crippen molar-refractivity contribution in [3.8, 4) is 27.9 Å². The van der Waals surface area contributed by atoms with E-state index in [1.165, 1.54) is 93.2 Å². The average molecular weight is 712 g/mol. The maximum atomic E-state index is 3.78. The molecule has 55 heavy (non-hydrogen) atoms. The molecule has 0 saturated carbocycles. The Morgan fingerprint density at radius 3 is 1.71 bits per heavy atom. The smallest absolute Gasteiger partial charge is 0.0541 e. The Balaban J connectivity index is 0.000000311. The summed E-state index contributed by atoms with van der Waals surface area (Å²) in [5, 5.41) is 10.5. The molecule has 1 nitrogen and oxygen atoms in total. The number of aryl methyl sites for hydroxylation is 1. The Morgan fingerprint density at radius 1 is 0.582 bits per heavy atom. The van der Waals surface area contributed by atoms with Gasteiger partial charge in [0.25, 0.3) is 0 Å². The molecular weight excluding hydrogens is 663 g/mol. The Hall–Kier alpha value is -6.44. The van der Waals surface area contributed by atoms with Gasteiger partial charge >= 0.3 is 0 Å². The quantitative estimate of drug-likeness (QED) is 0.0919. The lowest BCUT2D eigenvalue weighted by molar-refractivity contribution is 1.18. The number of nitrogens with zero attached hydrogens (tertiary/aromatic N) is 1. The Labute approximate surface area is 326 Å². The van der Waals surface area contributed by atoms with Gasteiger partial charge in [-0.25, -0.2) is 0 Å². The summed E-state index contributed by atoms with van der Waals surface area (Å²) in [6.07, 6.45) is 8.79. The van der Waals surface area contributed by atoms with E-state index in [0.29, 0.717) is 0 Å². The molecule has 0 amide bonds. The third-order valence-electron chi connectivity index (χ3n) is 10.5. The minimum absolute atomic E-state index is 0.893. The van der Waals surface area contributed by atoms with Crippen LogP contribution in [0.4, 0.5) is 0 Å². The molecule has 0 N–H and O–H groups in total. The molecule has 1 aromatic heterocycles. The van der Waals surface area contributed by atoms with Gasteiger partial charge in [0.1, 0.15) is 0 Å². The number of rotatable bonds is 6. The summed E-state index contributed by atoms with van der Waals surface area (Å²) >= 11 is 0. The fourth-order valence-corrected chi connectivity index (χ4v) is 7.67. The second-order valence-electron chi connectivity index (χ2n) is 14.4. The zero-order valence-corrected chi connectivity index (χ0v) is 32.7. The third-order valence-corrected chi connectivity index (χ3v) is 10.5. The van der Waals surface area contributed by atoms with Crippen molar-refractivity contribution >= 4 is 54.1 Å². The Morgan fingerprint density at radius 2 is 1.13 bits per heavy atom. The van der Waals surface area contributed by atoms with E-state index in [-0.39, 0.29) is 0 Å². The zero-order chi connectivity index (χ0) is 38.5. The van der Waals surface area contributed by atoms with Gasteiger partial charge in [0.15, 0.2) is 0 Å². The predicted octanol–water partition coefficient (Wildman–Crippen LogP) is 16.0. The van der Waals surface area contributed by atoms with E-state index in [1.54, 1.807) is 0 Å². The molecule has 9 aromatic rings. The summed E-state index contributed by atoms with van der Waals surface area (Å²) in [6.45, 7) is 17.8. The molecule has 0 fully saturated rings. The third kappa shape index (κ3) is 7.27. The van der Waals surface area contributed by atoms with E-state index < -0.39 is 0 Å². The van der Waals surface area contributed by atoms with E-state index >= 15 is 0 Å². The molecular formula is C54H49N. The lowest BCUT2D eigenvalue weighted by Gasteiger charge is -2.17. The fraction of sp³-hybridized carbons (Fsp3) is 0.111. The molecule has 0 unspecified atom stereocenters. The van der Waals surface area contributed by atoms with E-state index in [2.05, 4.69) is 190 Å². The maximum Gasteiger partial charge on any atom is 0.0541 e. The van der Waals surface area contributed by atoms with Crippen molar-refractivity contribution in [2.75, 3.05) is 0 Å². The van der Waals surface area contributed by atoms with E-state index in [9.17, 15) is 0 Å². The summed E-state index contributed by atoms with van der Waals surface area (Å²) in [5.41, 5.74) is 12.5. The van der Waals surface area contributed by atoms with Crippen molar-refractivity contribution in [3.63, 3.8) is 0 Å². The first-order valence-electron chi connectivity index (χ1n) is 19.2. The summed E-state index contributed by atoms with van der Waals surface area (Å²) < 4.78 is 2.40. The highest BCUT2D eigenvalue weighted by Gasteiger charge is 2.17. The van der Waals surface area contributed by atoms with Gasteiger partial charge in [0, 0.05) is 16.5 Å². The van der Waals surface area contributed by atoms with Crippen LogP contribution in [0.2, 0.25) is 0 Å². The highest BCUT2D eigenvalue weighted by Crippen LogP contribution is 2.43. The number of fused-ring (bicyclic) bond motifs is 3. The Bertz CT molecular complexity index is 2820.